The lowest BCUT2D eigenvalue weighted by molar-refractivity contribution is -0.121. The highest BCUT2D eigenvalue weighted by Crippen LogP contribution is 2.12. The number of halogens is 1. The molecule has 0 fully saturated rings. The van der Waals surface area contributed by atoms with Crippen LogP contribution in [-0.4, -0.2) is 31.4 Å². The molecule has 0 saturated carbocycles. The molecule has 0 saturated heterocycles. The molecule has 0 spiro atoms. The molecule has 0 aliphatic heterocycles. The van der Waals surface area contributed by atoms with Crippen LogP contribution in [0, 0.1) is 0 Å². The Morgan fingerprint density at radius 3 is 2.39 bits per heavy atom. The van der Waals surface area contributed by atoms with Crippen LogP contribution in [0.15, 0.2) is 24.3 Å². The number of nitrogens with two attached hydrogens (primary N) is 1. The Hall–Kier alpha value is -1.15. The maximum absolute atomic E-state index is 11.5. The van der Waals surface area contributed by atoms with Crippen molar-refractivity contribution in [1.82, 2.24) is 9.73 Å². The average molecular weight is 292 g/mol. The van der Waals surface area contributed by atoms with Crippen LogP contribution in [0.3, 0.4) is 0 Å². The Bertz CT molecular complexity index is 516. The second-order valence-corrected chi connectivity index (χ2v) is 6.14. The van der Waals surface area contributed by atoms with Gasteiger partial charge in [-0.2, -0.15) is 4.31 Å². The number of carbonyl (C=O) groups excluding carboxylic acids is 1. The molecule has 8 heteroatoms. The van der Waals surface area contributed by atoms with Crippen molar-refractivity contribution >= 4 is 27.5 Å². The van der Waals surface area contributed by atoms with Crippen LogP contribution in [0.5, 0.6) is 0 Å². The molecule has 100 valence electrons. The van der Waals surface area contributed by atoms with Gasteiger partial charge in [-0.25, -0.2) is 14.3 Å². The molecule has 0 atom stereocenters. The summed E-state index contributed by atoms with van der Waals surface area (Å²) >= 11 is 5.73. The molecular formula is C10H14ClN3O3S. The number of sulfonamides is 1. The van der Waals surface area contributed by atoms with E-state index in [2.05, 4.69) is 0 Å². The van der Waals surface area contributed by atoms with Crippen LogP contribution >= 0.6 is 11.6 Å². The Balaban J connectivity index is 2.85. The van der Waals surface area contributed by atoms with E-state index in [1.165, 1.54) is 0 Å². The van der Waals surface area contributed by atoms with Gasteiger partial charge in [-0.05, 0) is 17.7 Å². The van der Waals surface area contributed by atoms with E-state index in [0.717, 1.165) is 16.1 Å². The molecule has 1 rings (SSSR count). The zero-order chi connectivity index (χ0) is 13.8. The van der Waals surface area contributed by atoms with E-state index in [-0.39, 0.29) is 13.1 Å². The summed E-state index contributed by atoms with van der Waals surface area (Å²) in [6.45, 7) is -0.235. The third-order valence-corrected chi connectivity index (χ3v) is 3.67. The lowest BCUT2D eigenvalue weighted by Crippen LogP contribution is -2.42. The number of hydrogen-bond donors (Lipinski definition) is 2. The number of rotatable bonds is 5. The minimum Gasteiger partial charge on any atom is -0.293 e. The number of nitrogens with zero attached hydrogens (tertiary/aromatic N) is 1. The van der Waals surface area contributed by atoms with Crippen molar-refractivity contribution in [3.8, 4) is 0 Å². The minimum atomic E-state index is -3.49. The lowest BCUT2D eigenvalue weighted by Gasteiger charge is -2.18. The summed E-state index contributed by atoms with van der Waals surface area (Å²) in [6, 6.07) is 6.70. The predicted octanol–water partition coefficient (Wildman–Crippen LogP) is 0.0915. The van der Waals surface area contributed by atoms with Crippen LogP contribution in [-0.2, 0) is 21.4 Å². The molecule has 0 heterocycles. The van der Waals surface area contributed by atoms with Gasteiger partial charge >= 0.3 is 0 Å². The van der Waals surface area contributed by atoms with E-state index in [1.807, 2.05) is 5.43 Å². The normalized spacial score (nSPS) is 11.6. The SMILES string of the molecule is CS(=O)(=O)N(CC(=O)NN)Cc1ccc(Cl)cc1. The first kappa shape index (κ1) is 14.9. The number of nitrogens with one attached hydrogen (secondary N) is 1. The number of amides is 1. The summed E-state index contributed by atoms with van der Waals surface area (Å²) in [5.74, 6) is 4.36. The molecule has 0 aliphatic rings. The third kappa shape index (κ3) is 4.61. The highest BCUT2D eigenvalue weighted by atomic mass is 35.5. The first-order chi connectivity index (χ1) is 8.32. The maximum Gasteiger partial charge on any atom is 0.249 e. The molecule has 1 amide bonds. The van der Waals surface area contributed by atoms with E-state index in [0.29, 0.717) is 5.02 Å². The van der Waals surface area contributed by atoms with Gasteiger partial charge in [-0.1, -0.05) is 23.7 Å². The maximum atomic E-state index is 11.5. The highest BCUT2D eigenvalue weighted by molar-refractivity contribution is 7.88. The fraction of sp³-hybridized carbons (Fsp3) is 0.300. The van der Waals surface area contributed by atoms with Crippen molar-refractivity contribution in [2.75, 3.05) is 12.8 Å². The molecule has 0 aliphatic carbocycles. The molecule has 3 N–H and O–H groups in total. The zero-order valence-corrected chi connectivity index (χ0v) is 11.3. The van der Waals surface area contributed by atoms with Gasteiger partial charge in [0.05, 0.1) is 12.8 Å². The van der Waals surface area contributed by atoms with Crippen molar-refractivity contribution in [2.24, 2.45) is 5.84 Å². The fourth-order valence-corrected chi connectivity index (χ4v) is 2.15. The summed E-state index contributed by atoms with van der Waals surface area (Å²) in [7, 11) is -3.49. The van der Waals surface area contributed by atoms with E-state index < -0.39 is 15.9 Å². The average Bonchev–Trinajstić information content (AvgIpc) is 2.29. The van der Waals surface area contributed by atoms with Crippen LogP contribution in [0.1, 0.15) is 5.56 Å². The first-order valence-electron chi connectivity index (χ1n) is 5.02. The van der Waals surface area contributed by atoms with E-state index in [9.17, 15) is 13.2 Å². The van der Waals surface area contributed by atoms with Gasteiger partial charge < -0.3 is 0 Å². The summed E-state index contributed by atoms with van der Waals surface area (Å²) < 4.78 is 24.1. The monoisotopic (exact) mass is 291 g/mol. The summed E-state index contributed by atoms with van der Waals surface area (Å²) in [6.07, 6.45) is 1.03. The van der Waals surface area contributed by atoms with Gasteiger partial charge in [0.15, 0.2) is 0 Å². The molecule has 6 nitrogen and oxygen atoms in total. The van der Waals surface area contributed by atoms with Crippen LogP contribution in [0.4, 0.5) is 0 Å². The highest BCUT2D eigenvalue weighted by Gasteiger charge is 2.19. The van der Waals surface area contributed by atoms with Gasteiger partial charge in [0.2, 0.25) is 15.9 Å². The first-order valence-corrected chi connectivity index (χ1v) is 7.24. The molecule has 0 unspecified atom stereocenters. The van der Waals surface area contributed by atoms with Crippen LogP contribution < -0.4 is 11.3 Å². The standard InChI is InChI=1S/C10H14ClN3O3S/c1-18(16,17)14(7-10(15)13-12)6-8-2-4-9(11)5-3-8/h2-5H,6-7,12H2,1H3,(H,13,15). The number of hydrazine groups is 1. The Labute approximate surface area is 111 Å². The quantitative estimate of drug-likeness (QED) is 0.457. The van der Waals surface area contributed by atoms with Crippen LogP contribution in [0.25, 0.3) is 0 Å². The topological polar surface area (TPSA) is 92.5 Å². The molecule has 0 bridgehead atoms. The molecule has 0 aromatic heterocycles. The summed E-state index contributed by atoms with van der Waals surface area (Å²) in [4.78, 5) is 11.1. The smallest absolute Gasteiger partial charge is 0.249 e. The van der Waals surface area contributed by atoms with Gasteiger partial charge in [-0.3, -0.25) is 10.2 Å². The van der Waals surface area contributed by atoms with Crippen molar-refractivity contribution in [2.45, 2.75) is 6.54 Å². The van der Waals surface area contributed by atoms with E-state index in [4.69, 9.17) is 17.4 Å². The zero-order valence-electron chi connectivity index (χ0n) is 9.76. The number of benzene rings is 1. The summed E-state index contributed by atoms with van der Waals surface area (Å²) in [5.41, 5.74) is 2.63. The molecular weight excluding hydrogens is 278 g/mol. The lowest BCUT2D eigenvalue weighted by atomic mass is 10.2. The van der Waals surface area contributed by atoms with Crippen molar-refractivity contribution in [3.63, 3.8) is 0 Å². The van der Waals surface area contributed by atoms with Crippen molar-refractivity contribution in [1.29, 1.82) is 0 Å². The Morgan fingerprint density at radius 1 is 1.39 bits per heavy atom. The predicted molar refractivity (Wildman–Crippen MR) is 69.0 cm³/mol. The van der Waals surface area contributed by atoms with Crippen molar-refractivity contribution < 1.29 is 13.2 Å². The molecule has 0 radical (unpaired) electrons. The van der Waals surface area contributed by atoms with Gasteiger partial charge in [0.25, 0.3) is 0 Å². The molecule has 1 aromatic carbocycles. The number of hydrogen-bond acceptors (Lipinski definition) is 4. The largest absolute Gasteiger partial charge is 0.293 e. The Kier molecular flexibility index (Phi) is 5.09. The summed E-state index contributed by atoms with van der Waals surface area (Å²) in [5, 5.41) is 0.560. The van der Waals surface area contributed by atoms with E-state index >= 15 is 0 Å². The minimum absolute atomic E-state index is 0.0867. The second kappa shape index (κ2) is 6.14. The van der Waals surface area contributed by atoms with Gasteiger partial charge in [0, 0.05) is 11.6 Å². The van der Waals surface area contributed by atoms with Gasteiger partial charge in [0.1, 0.15) is 0 Å². The molecule has 1 aromatic rings. The van der Waals surface area contributed by atoms with Gasteiger partial charge in [-0.15, -0.1) is 0 Å². The Morgan fingerprint density at radius 2 is 1.94 bits per heavy atom. The van der Waals surface area contributed by atoms with Crippen molar-refractivity contribution in [3.05, 3.63) is 34.9 Å². The molecule has 18 heavy (non-hydrogen) atoms. The van der Waals surface area contributed by atoms with E-state index in [1.54, 1.807) is 24.3 Å². The third-order valence-electron chi connectivity index (χ3n) is 2.22. The second-order valence-electron chi connectivity index (χ2n) is 3.73. The van der Waals surface area contributed by atoms with Crippen LogP contribution in [0.2, 0.25) is 5.02 Å². The number of carbonyl (C=O) groups is 1. The fourth-order valence-electron chi connectivity index (χ4n) is 1.29.